The smallest absolute Gasteiger partial charge is 0.0845 e. The number of hydrogen-bond acceptors (Lipinski definition) is 3. The SMILES string of the molecule is CC1CCCC(N)(Cc2cn(C)nn2)C1. The highest BCUT2D eigenvalue weighted by Crippen LogP contribution is 2.32. The second kappa shape index (κ2) is 3.93. The zero-order valence-electron chi connectivity index (χ0n) is 9.61. The summed E-state index contributed by atoms with van der Waals surface area (Å²) in [6, 6.07) is 0. The summed E-state index contributed by atoms with van der Waals surface area (Å²) in [7, 11) is 1.89. The summed E-state index contributed by atoms with van der Waals surface area (Å²) < 4.78 is 1.74. The van der Waals surface area contributed by atoms with Crippen molar-refractivity contribution in [1.29, 1.82) is 0 Å². The summed E-state index contributed by atoms with van der Waals surface area (Å²) in [5.74, 6) is 0.750. The van der Waals surface area contributed by atoms with Crippen LogP contribution in [0.15, 0.2) is 6.20 Å². The Morgan fingerprint density at radius 3 is 3.07 bits per heavy atom. The molecule has 0 amide bonds. The number of aryl methyl sites for hydroxylation is 1. The molecule has 0 saturated heterocycles. The summed E-state index contributed by atoms with van der Waals surface area (Å²) in [5, 5.41) is 8.06. The van der Waals surface area contributed by atoms with Crippen LogP contribution in [0.3, 0.4) is 0 Å². The molecule has 2 N–H and O–H groups in total. The van der Waals surface area contributed by atoms with E-state index in [-0.39, 0.29) is 5.54 Å². The third-order valence-electron chi connectivity index (χ3n) is 3.31. The molecule has 4 heteroatoms. The summed E-state index contributed by atoms with van der Waals surface area (Å²) in [6.45, 7) is 2.29. The van der Waals surface area contributed by atoms with Crippen molar-refractivity contribution in [2.45, 2.75) is 44.6 Å². The van der Waals surface area contributed by atoms with Gasteiger partial charge in [-0.15, -0.1) is 5.10 Å². The molecule has 1 aliphatic rings. The average Bonchev–Trinajstić information content (AvgIpc) is 2.49. The van der Waals surface area contributed by atoms with Gasteiger partial charge in [-0.3, -0.25) is 4.68 Å². The van der Waals surface area contributed by atoms with Crippen LogP contribution in [0.1, 0.15) is 38.3 Å². The van der Waals surface area contributed by atoms with Crippen molar-refractivity contribution in [3.8, 4) is 0 Å². The number of aromatic nitrogens is 3. The fourth-order valence-corrected chi connectivity index (χ4v) is 2.70. The minimum absolute atomic E-state index is 0.0479. The molecule has 0 radical (unpaired) electrons. The number of nitrogens with two attached hydrogens (primary N) is 1. The van der Waals surface area contributed by atoms with E-state index in [9.17, 15) is 0 Å². The Bertz CT molecular complexity index is 333. The quantitative estimate of drug-likeness (QED) is 0.796. The second-order valence-electron chi connectivity index (χ2n) is 5.12. The van der Waals surface area contributed by atoms with Crippen LogP contribution in [0.4, 0.5) is 0 Å². The van der Waals surface area contributed by atoms with E-state index in [1.807, 2.05) is 13.2 Å². The fraction of sp³-hybridized carbons (Fsp3) is 0.818. The maximum Gasteiger partial charge on any atom is 0.0845 e. The van der Waals surface area contributed by atoms with Gasteiger partial charge in [-0.2, -0.15) is 0 Å². The van der Waals surface area contributed by atoms with Gasteiger partial charge < -0.3 is 5.73 Å². The van der Waals surface area contributed by atoms with Gasteiger partial charge in [-0.1, -0.05) is 25.0 Å². The van der Waals surface area contributed by atoms with Gasteiger partial charge in [-0.05, 0) is 18.8 Å². The van der Waals surface area contributed by atoms with Gasteiger partial charge in [0.05, 0.1) is 5.69 Å². The molecule has 1 aliphatic carbocycles. The first-order valence-electron chi connectivity index (χ1n) is 5.71. The molecule has 84 valence electrons. The van der Waals surface area contributed by atoms with E-state index in [2.05, 4.69) is 17.2 Å². The summed E-state index contributed by atoms with van der Waals surface area (Å²) in [4.78, 5) is 0. The minimum Gasteiger partial charge on any atom is -0.325 e. The first-order valence-corrected chi connectivity index (χ1v) is 5.71. The molecule has 0 bridgehead atoms. The Morgan fingerprint density at radius 1 is 1.67 bits per heavy atom. The molecule has 0 spiro atoms. The van der Waals surface area contributed by atoms with Gasteiger partial charge >= 0.3 is 0 Å². The van der Waals surface area contributed by atoms with Crippen LogP contribution in [0.5, 0.6) is 0 Å². The van der Waals surface area contributed by atoms with Crippen molar-refractivity contribution in [3.05, 3.63) is 11.9 Å². The van der Waals surface area contributed by atoms with E-state index in [1.165, 1.54) is 12.8 Å². The van der Waals surface area contributed by atoms with Crippen molar-refractivity contribution in [2.75, 3.05) is 0 Å². The standard InChI is InChI=1S/C11H20N4/c1-9-4-3-5-11(12,6-9)7-10-8-15(2)14-13-10/h8-9H,3-7,12H2,1-2H3. The van der Waals surface area contributed by atoms with Crippen LogP contribution in [-0.4, -0.2) is 20.5 Å². The van der Waals surface area contributed by atoms with Gasteiger partial charge in [0.1, 0.15) is 0 Å². The van der Waals surface area contributed by atoms with Crippen LogP contribution >= 0.6 is 0 Å². The van der Waals surface area contributed by atoms with Crippen LogP contribution in [0.2, 0.25) is 0 Å². The lowest BCUT2D eigenvalue weighted by atomic mass is 9.75. The third-order valence-corrected chi connectivity index (χ3v) is 3.31. The Hall–Kier alpha value is -0.900. The molecule has 1 aromatic heterocycles. The molecule has 1 saturated carbocycles. The maximum absolute atomic E-state index is 6.41. The minimum atomic E-state index is -0.0479. The molecule has 4 nitrogen and oxygen atoms in total. The molecule has 1 aromatic rings. The zero-order chi connectivity index (χ0) is 10.9. The van der Waals surface area contributed by atoms with Crippen LogP contribution in [0.25, 0.3) is 0 Å². The lowest BCUT2D eigenvalue weighted by molar-refractivity contribution is 0.234. The number of hydrogen-bond donors (Lipinski definition) is 1. The predicted octanol–water partition coefficient (Wildman–Crippen LogP) is 1.27. The molecule has 2 rings (SSSR count). The Kier molecular flexibility index (Phi) is 2.78. The first-order chi connectivity index (χ1) is 7.07. The monoisotopic (exact) mass is 208 g/mol. The summed E-state index contributed by atoms with van der Waals surface area (Å²) in [5.41, 5.74) is 7.39. The average molecular weight is 208 g/mol. The molecule has 0 aliphatic heterocycles. The van der Waals surface area contributed by atoms with Crippen molar-refractivity contribution >= 4 is 0 Å². The molecule has 15 heavy (non-hydrogen) atoms. The zero-order valence-corrected chi connectivity index (χ0v) is 9.61. The van der Waals surface area contributed by atoms with Gasteiger partial charge in [0, 0.05) is 25.2 Å². The normalized spacial score (nSPS) is 31.8. The van der Waals surface area contributed by atoms with Crippen molar-refractivity contribution < 1.29 is 0 Å². The number of rotatable bonds is 2. The van der Waals surface area contributed by atoms with Crippen LogP contribution in [-0.2, 0) is 13.5 Å². The van der Waals surface area contributed by atoms with Crippen LogP contribution in [0, 0.1) is 5.92 Å². The highest BCUT2D eigenvalue weighted by atomic mass is 15.4. The molecule has 1 heterocycles. The third kappa shape index (κ3) is 2.56. The van der Waals surface area contributed by atoms with Crippen molar-refractivity contribution in [3.63, 3.8) is 0 Å². The summed E-state index contributed by atoms with van der Waals surface area (Å²) in [6.07, 6.45) is 7.63. The Labute approximate surface area is 90.8 Å². The fourth-order valence-electron chi connectivity index (χ4n) is 2.70. The van der Waals surface area contributed by atoms with Crippen molar-refractivity contribution in [1.82, 2.24) is 15.0 Å². The van der Waals surface area contributed by atoms with E-state index >= 15 is 0 Å². The van der Waals surface area contributed by atoms with Crippen LogP contribution < -0.4 is 5.73 Å². The number of nitrogens with zero attached hydrogens (tertiary/aromatic N) is 3. The largest absolute Gasteiger partial charge is 0.325 e. The van der Waals surface area contributed by atoms with Gasteiger partial charge in [-0.25, -0.2) is 0 Å². The molecule has 1 fully saturated rings. The Balaban J connectivity index is 2.03. The molecular weight excluding hydrogens is 188 g/mol. The lowest BCUT2D eigenvalue weighted by Gasteiger charge is -2.36. The van der Waals surface area contributed by atoms with Gasteiger partial charge in [0.25, 0.3) is 0 Å². The van der Waals surface area contributed by atoms with E-state index in [0.717, 1.165) is 30.9 Å². The molecule has 2 atom stereocenters. The Morgan fingerprint density at radius 2 is 2.47 bits per heavy atom. The predicted molar refractivity (Wildman–Crippen MR) is 59.3 cm³/mol. The molecule has 0 aromatic carbocycles. The highest BCUT2D eigenvalue weighted by Gasteiger charge is 2.31. The molecular formula is C11H20N4. The van der Waals surface area contributed by atoms with E-state index in [1.54, 1.807) is 4.68 Å². The maximum atomic E-state index is 6.41. The summed E-state index contributed by atoms with van der Waals surface area (Å²) >= 11 is 0. The van der Waals surface area contributed by atoms with E-state index in [4.69, 9.17) is 5.73 Å². The van der Waals surface area contributed by atoms with E-state index in [0.29, 0.717) is 0 Å². The highest BCUT2D eigenvalue weighted by molar-refractivity contribution is 5.03. The second-order valence-corrected chi connectivity index (χ2v) is 5.12. The molecule has 2 unspecified atom stereocenters. The topological polar surface area (TPSA) is 56.7 Å². The van der Waals surface area contributed by atoms with Gasteiger partial charge in [0.15, 0.2) is 0 Å². The van der Waals surface area contributed by atoms with Crippen molar-refractivity contribution in [2.24, 2.45) is 18.7 Å². The van der Waals surface area contributed by atoms with Gasteiger partial charge in [0.2, 0.25) is 0 Å². The van der Waals surface area contributed by atoms with E-state index < -0.39 is 0 Å². The lowest BCUT2D eigenvalue weighted by Crippen LogP contribution is -2.45. The first kappa shape index (κ1) is 10.6.